The van der Waals surface area contributed by atoms with Gasteiger partial charge in [0.15, 0.2) is 11.5 Å². The van der Waals surface area contributed by atoms with E-state index in [4.69, 9.17) is 9.47 Å². The fourth-order valence-electron chi connectivity index (χ4n) is 2.70. The van der Waals surface area contributed by atoms with Crippen LogP contribution >= 0.6 is 0 Å². The number of amides is 1. The van der Waals surface area contributed by atoms with Gasteiger partial charge in [-0.3, -0.25) is 4.79 Å². The Bertz CT molecular complexity index is 857. The van der Waals surface area contributed by atoms with Gasteiger partial charge in [0, 0.05) is 0 Å². The van der Waals surface area contributed by atoms with E-state index in [0.717, 1.165) is 11.0 Å². The number of imidazole rings is 1. The molecule has 6 nitrogen and oxygen atoms in total. The van der Waals surface area contributed by atoms with E-state index in [1.165, 1.54) is 0 Å². The van der Waals surface area contributed by atoms with Crippen LogP contribution in [0.3, 0.4) is 0 Å². The lowest BCUT2D eigenvalue weighted by Crippen LogP contribution is -2.44. The van der Waals surface area contributed by atoms with Gasteiger partial charge in [0.2, 0.25) is 6.10 Å². The van der Waals surface area contributed by atoms with Crippen LogP contribution in [0.5, 0.6) is 11.5 Å². The Morgan fingerprint density at radius 2 is 1.96 bits per heavy atom. The van der Waals surface area contributed by atoms with E-state index < -0.39 is 6.10 Å². The Balaban J connectivity index is 1.46. The number of H-pyrrole nitrogens is 1. The van der Waals surface area contributed by atoms with Crippen molar-refractivity contribution < 1.29 is 14.3 Å². The van der Waals surface area contributed by atoms with Crippen molar-refractivity contribution in [3.63, 3.8) is 0 Å². The second kappa shape index (κ2) is 5.88. The molecule has 4 rings (SSSR count). The molecule has 2 aromatic carbocycles. The average molecular weight is 323 g/mol. The number of aromatic amines is 1. The largest absolute Gasteiger partial charge is 0.485 e. The summed E-state index contributed by atoms with van der Waals surface area (Å²) in [6.45, 7) is 2.07. The summed E-state index contributed by atoms with van der Waals surface area (Å²) in [4.78, 5) is 20.2. The molecular formula is C18H17N3O3. The van der Waals surface area contributed by atoms with Crippen molar-refractivity contribution in [3.8, 4) is 11.5 Å². The summed E-state index contributed by atoms with van der Waals surface area (Å²) >= 11 is 0. The van der Waals surface area contributed by atoms with E-state index in [2.05, 4.69) is 15.3 Å². The molecule has 0 aliphatic carbocycles. The number of hydrogen-bond acceptors (Lipinski definition) is 4. The monoisotopic (exact) mass is 323 g/mol. The highest BCUT2D eigenvalue weighted by Gasteiger charge is 2.28. The molecule has 0 saturated heterocycles. The van der Waals surface area contributed by atoms with Crippen LogP contribution in [-0.2, 0) is 4.79 Å². The zero-order valence-corrected chi connectivity index (χ0v) is 13.2. The summed E-state index contributed by atoms with van der Waals surface area (Å²) in [6, 6.07) is 14.8. The van der Waals surface area contributed by atoms with Gasteiger partial charge in [-0.25, -0.2) is 4.98 Å². The molecule has 3 aromatic rings. The van der Waals surface area contributed by atoms with Gasteiger partial charge in [-0.15, -0.1) is 0 Å². The molecule has 2 N–H and O–H groups in total. The van der Waals surface area contributed by atoms with Crippen LogP contribution in [0.25, 0.3) is 11.0 Å². The minimum absolute atomic E-state index is 0.190. The molecule has 0 bridgehead atoms. The summed E-state index contributed by atoms with van der Waals surface area (Å²) in [7, 11) is 0. The Hall–Kier alpha value is -3.02. The minimum Gasteiger partial charge on any atom is -0.485 e. The lowest BCUT2D eigenvalue weighted by Gasteiger charge is -2.26. The number of hydrogen-bond donors (Lipinski definition) is 2. The SMILES string of the molecule is C[C@@H](NC(=O)[C@H]1COc2ccccc2O1)c1nc2ccccc2[nH]1. The highest BCUT2D eigenvalue weighted by atomic mass is 16.6. The Labute approximate surface area is 138 Å². The number of nitrogens with zero attached hydrogens (tertiary/aromatic N) is 1. The van der Waals surface area contributed by atoms with Gasteiger partial charge in [0.05, 0.1) is 17.1 Å². The topological polar surface area (TPSA) is 76.2 Å². The maximum atomic E-state index is 12.4. The summed E-state index contributed by atoms with van der Waals surface area (Å²) in [5.41, 5.74) is 1.82. The number of ether oxygens (including phenoxy) is 2. The molecule has 0 saturated carbocycles. The molecule has 0 radical (unpaired) electrons. The maximum absolute atomic E-state index is 12.4. The molecule has 6 heteroatoms. The van der Waals surface area contributed by atoms with Crippen LogP contribution in [-0.4, -0.2) is 28.6 Å². The van der Waals surface area contributed by atoms with Gasteiger partial charge in [0.1, 0.15) is 12.4 Å². The number of rotatable bonds is 3. The second-order valence-corrected chi connectivity index (χ2v) is 5.73. The Morgan fingerprint density at radius 1 is 1.21 bits per heavy atom. The highest BCUT2D eigenvalue weighted by molar-refractivity contribution is 5.82. The number of carbonyl (C=O) groups excluding carboxylic acids is 1. The Kier molecular flexibility index (Phi) is 3.57. The fraction of sp³-hybridized carbons (Fsp3) is 0.222. The molecule has 0 unspecified atom stereocenters. The van der Waals surface area contributed by atoms with Crippen LogP contribution in [0.2, 0.25) is 0 Å². The van der Waals surface area contributed by atoms with E-state index >= 15 is 0 Å². The van der Waals surface area contributed by atoms with Gasteiger partial charge in [-0.1, -0.05) is 24.3 Å². The van der Waals surface area contributed by atoms with Crippen LogP contribution in [0.4, 0.5) is 0 Å². The van der Waals surface area contributed by atoms with E-state index in [-0.39, 0.29) is 18.6 Å². The molecule has 0 fully saturated rings. The van der Waals surface area contributed by atoms with E-state index in [9.17, 15) is 4.79 Å². The second-order valence-electron chi connectivity index (χ2n) is 5.73. The third kappa shape index (κ3) is 2.67. The van der Waals surface area contributed by atoms with Crippen molar-refractivity contribution in [1.82, 2.24) is 15.3 Å². The maximum Gasteiger partial charge on any atom is 0.265 e. The molecule has 2 heterocycles. The molecule has 24 heavy (non-hydrogen) atoms. The van der Waals surface area contributed by atoms with Crippen molar-refractivity contribution in [2.75, 3.05) is 6.61 Å². The summed E-state index contributed by atoms with van der Waals surface area (Å²) in [6.07, 6.45) is -0.674. The van der Waals surface area contributed by atoms with Gasteiger partial charge in [-0.05, 0) is 31.2 Å². The van der Waals surface area contributed by atoms with Crippen LogP contribution in [0, 0.1) is 0 Å². The van der Waals surface area contributed by atoms with Gasteiger partial charge in [0.25, 0.3) is 5.91 Å². The average Bonchev–Trinajstić information content (AvgIpc) is 3.05. The number of nitrogens with one attached hydrogen (secondary N) is 2. The lowest BCUT2D eigenvalue weighted by molar-refractivity contribution is -0.131. The fourth-order valence-corrected chi connectivity index (χ4v) is 2.70. The van der Waals surface area contributed by atoms with E-state index in [1.54, 1.807) is 6.07 Å². The predicted molar refractivity (Wildman–Crippen MR) is 89.0 cm³/mol. The van der Waals surface area contributed by atoms with Gasteiger partial charge in [-0.2, -0.15) is 0 Å². The molecule has 1 aromatic heterocycles. The summed E-state index contributed by atoms with van der Waals surface area (Å²) in [5.74, 6) is 1.73. The van der Waals surface area contributed by atoms with Crippen molar-refractivity contribution in [2.45, 2.75) is 19.1 Å². The first-order valence-electron chi connectivity index (χ1n) is 7.84. The van der Waals surface area contributed by atoms with Crippen LogP contribution in [0.1, 0.15) is 18.8 Å². The quantitative estimate of drug-likeness (QED) is 0.777. The first-order chi connectivity index (χ1) is 11.7. The number of aromatic nitrogens is 2. The molecule has 0 spiro atoms. The zero-order valence-electron chi connectivity index (χ0n) is 13.2. The Morgan fingerprint density at radius 3 is 2.79 bits per heavy atom. The van der Waals surface area contributed by atoms with Crippen molar-refractivity contribution in [1.29, 1.82) is 0 Å². The van der Waals surface area contributed by atoms with Crippen LogP contribution < -0.4 is 14.8 Å². The number of fused-ring (bicyclic) bond motifs is 2. The molecule has 122 valence electrons. The number of para-hydroxylation sites is 4. The lowest BCUT2D eigenvalue weighted by atomic mass is 10.2. The predicted octanol–water partition coefficient (Wildman–Crippen LogP) is 2.58. The molecule has 1 aliphatic heterocycles. The van der Waals surface area contributed by atoms with Gasteiger partial charge < -0.3 is 19.8 Å². The third-order valence-corrected chi connectivity index (χ3v) is 3.98. The van der Waals surface area contributed by atoms with Crippen molar-refractivity contribution in [3.05, 3.63) is 54.4 Å². The molecule has 1 aliphatic rings. The minimum atomic E-state index is -0.674. The summed E-state index contributed by atoms with van der Waals surface area (Å²) in [5, 5.41) is 2.92. The van der Waals surface area contributed by atoms with E-state index in [0.29, 0.717) is 17.3 Å². The highest BCUT2D eigenvalue weighted by Crippen LogP contribution is 2.31. The molecule has 2 atom stereocenters. The normalized spacial score (nSPS) is 17.5. The summed E-state index contributed by atoms with van der Waals surface area (Å²) < 4.78 is 11.3. The number of carbonyl (C=O) groups is 1. The molecule has 1 amide bonds. The standard InChI is InChI=1S/C18H17N3O3/c1-11(17-20-12-6-2-3-7-13(12)21-17)19-18(22)16-10-23-14-8-4-5-9-15(14)24-16/h2-9,11,16H,10H2,1H3,(H,19,22)(H,20,21)/t11-,16-/m1/s1. The van der Waals surface area contributed by atoms with Gasteiger partial charge >= 0.3 is 0 Å². The molecular weight excluding hydrogens is 306 g/mol. The smallest absolute Gasteiger partial charge is 0.265 e. The first kappa shape index (κ1) is 14.6. The number of benzene rings is 2. The van der Waals surface area contributed by atoms with Crippen molar-refractivity contribution in [2.24, 2.45) is 0 Å². The third-order valence-electron chi connectivity index (χ3n) is 3.98. The van der Waals surface area contributed by atoms with Crippen LogP contribution in [0.15, 0.2) is 48.5 Å². The zero-order chi connectivity index (χ0) is 16.5. The van der Waals surface area contributed by atoms with Crippen molar-refractivity contribution >= 4 is 16.9 Å². The van der Waals surface area contributed by atoms with E-state index in [1.807, 2.05) is 49.4 Å². The first-order valence-corrected chi connectivity index (χ1v) is 7.84.